The minimum atomic E-state index is -0.812. The van der Waals surface area contributed by atoms with Crippen LogP contribution in [0, 0.1) is 6.92 Å². The quantitative estimate of drug-likeness (QED) is 0.182. The Kier molecular flexibility index (Phi) is 8.11. The number of imide groups is 2. The van der Waals surface area contributed by atoms with E-state index in [1.807, 2.05) is 32.0 Å². The first-order valence-corrected chi connectivity index (χ1v) is 13.7. The molecule has 0 spiro atoms. The van der Waals surface area contributed by atoms with Gasteiger partial charge < -0.3 is 18.9 Å². The lowest BCUT2D eigenvalue weighted by Crippen LogP contribution is -2.54. The summed E-state index contributed by atoms with van der Waals surface area (Å²) in [7, 11) is 0. The van der Waals surface area contributed by atoms with Gasteiger partial charge >= 0.3 is 6.03 Å². The molecule has 0 atom stereocenters. The smallest absolute Gasteiger partial charge is 0.335 e. The van der Waals surface area contributed by atoms with E-state index in [-0.39, 0.29) is 19.0 Å². The van der Waals surface area contributed by atoms with E-state index >= 15 is 0 Å². The summed E-state index contributed by atoms with van der Waals surface area (Å²) in [5.74, 6) is 0.798. The first-order valence-electron chi connectivity index (χ1n) is 12.9. The van der Waals surface area contributed by atoms with Crippen LogP contribution < -0.4 is 29.2 Å². The SMILES string of the molecule is C=CCc1cc(/C=C2\C(=O)NC(=O)N(c3ccc(Br)c(C)c3)C2=O)cc(OCC)c1OCc1ccc2c(c1)OCO2. The van der Waals surface area contributed by atoms with Gasteiger partial charge in [-0.3, -0.25) is 14.9 Å². The number of nitrogens with one attached hydrogen (secondary N) is 1. The van der Waals surface area contributed by atoms with Crippen LogP contribution in [0.5, 0.6) is 23.0 Å². The predicted molar refractivity (Wildman–Crippen MR) is 156 cm³/mol. The maximum absolute atomic E-state index is 13.4. The Labute approximate surface area is 245 Å². The van der Waals surface area contributed by atoms with Gasteiger partial charge in [-0.2, -0.15) is 0 Å². The average molecular weight is 619 g/mol. The molecule has 210 valence electrons. The minimum Gasteiger partial charge on any atom is -0.490 e. The Morgan fingerprint density at radius 2 is 1.85 bits per heavy atom. The molecule has 10 heteroatoms. The number of halogens is 1. The molecule has 0 aliphatic carbocycles. The number of hydrogen-bond acceptors (Lipinski definition) is 7. The van der Waals surface area contributed by atoms with Crippen LogP contribution in [0.3, 0.4) is 0 Å². The maximum atomic E-state index is 13.4. The van der Waals surface area contributed by atoms with Crippen LogP contribution in [0.15, 0.2) is 71.2 Å². The monoisotopic (exact) mass is 618 g/mol. The molecule has 41 heavy (non-hydrogen) atoms. The number of benzene rings is 3. The van der Waals surface area contributed by atoms with Crippen molar-refractivity contribution < 1.29 is 33.3 Å². The van der Waals surface area contributed by atoms with Crippen molar-refractivity contribution >= 4 is 45.5 Å². The Hall–Kier alpha value is -4.57. The fourth-order valence-electron chi connectivity index (χ4n) is 4.51. The van der Waals surface area contributed by atoms with E-state index in [9.17, 15) is 14.4 Å². The Morgan fingerprint density at radius 3 is 2.61 bits per heavy atom. The fourth-order valence-corrected chi connectivity index (χ4v) is 4.76. The van der Waals surface area contributed by atoms with E-state index in [1.165, 1.54) is 6.08 Å². The van der Waals surface area contributed by atoms with Gasteiger partial charge in [0.25, 0.3) is 11.8 Å². The molecule has 0 unspecified atom stereocenters. The number of carbonyl (C=O) groups excluding carboxylic acids is 3. The van der Waals surface area contributed by atoms with Crippen molar-refractivity contribution in [3.63, 3.8) is 0 Å². The second-order valence-electron chi connectivity index (χ2n) is 9.30. The largest absolute Gasteiger partial charge is 0.490 e. The number of amides is 4. The molecule has 2 heterocycles. The van der Waals surface area contributed by atoms with Crippen LogP contribution in [0.2, 0.25) is 0 Å². The second kappa shape index (κ2) is 11.9. The zero-order chi connectivity index (χ0) is 29.1. The van der Waals surface area contributed by atoms with Gasteiger partial charge in [0.2, 0.25) is 6.79 Å². The van der Waals surface area contributed by atoms with Crippen molar-refractivity contribution in [2.24, 2.45) is 0 Å². The number of barbiturate groups is 1. The third-order valence-corrected chi connectivity index (χ3v) is 7.34. The zero-order valence-electron chi connectivity index (χ0n) is 22.5. The van der Waals surface area contributed by atoms with Gasteiger partial charge in [0.05, 0.1) is 12.3 Å². The van der Waals surface area contributed by atoms with Gasteiger partial charge in [-0.15, -0.1) is 6.58 Å². The van der Waals surface area contributed by atoms with Gasteiger partial charge in [-0.25, -0.2) is 9.69 Å². The highest BCUT2D eigenvalue weighted by Gasteiger charge is 2.37. The molecule has 3 aromatic carbocycles. The molecular formula is C31H27BrN2O7. The third kappa shape index (κ3) is 5.83. The number of nitrogens with zero attached hydrogens (tertiary/aromatic N) is 1. The lowest BCUT2D eigenvalue weighted by Gasteiger charge is -2.27. The molecule has 0 radical (unpaired) electrons. The molecule has 1 fully saturated rings. The molecule has 4 amide bonds. The number of aryl methyl sites for hydroxylation is 1. The van der Waals surface area contributed by atoms with Crippen LogP contribution in [0.25, 0.3) is 6.08 Å². The van der Waals surface area contributed by atoms with E-state index < -0.39 is 17.8 Å². The summed E-state index contributed by atoms with van der Waals surface area (Å²) < 4.78 is 23.8. The average Bonchev–Trinajstić information content (AvgIpc) is 3.41. The number of hydrogen-bond donors (Lipinski definition) is 1. The van der Waals surface area contributed by atoms with Crippen LogP contribution in [-0.2, 0) is 22.6 Å². The van der Waals surface area contributed by atoms with Gasteiger partial charge in [-0.05, 0) is 85.5 Å². The predicted octanol–water partition coefficient (Wildman–Crippen LogP) is 5.86. The maximum Gasteiger partial charge on any atom is 0.335 e. The van der Waals surface area contributed by atoms with Crippen molar-refractivity contribution in [3.8, 4) is 23.0 Å². The Balaban J connectivity index is 1.48. The fraction of sp³-hybridized carbons (Fsp3) is 0.194. The summed E-state index contributed by atoms with van der Waals surface area (Å²) in [6.07, 6.45) is 3.61. The van der Waals surface area contributed by atoms with Crippen molar-refractivity contribution in [1.82, 2.24) is 5.32 Å². The summed E-state index contributed by atoms with van der Waals surface area (Å²) in [4.78, 5) is 39.9. The Morgan fingerprint density at radius 1 is 1.05 bits per heavy atom. The minimum absolute atomic E-state index is 0.184. The van der Waals surface area contributed by atoms with Crippen molar-refractivity contribution in [2.45, 2.75) is 26.9 Å². The molecule has 0 saturated carbocycles. The van der Waals surface area contributed by atoms with Crippen LogP contribution in [0.4, 0.5) is 10.5 Å². The number of rotatable bonds is 9. The summed E-state index contributed by atoms with van der Waals surface area (Å²) in [5, 5.41) is 2.27. The van der Waals surface area contributed by atoms with Crippen molar-refractivity contribution in [2.75, 3.05) is 18.3 Å². The highest BCUT2D eigenvalue weighted by atomic mass is 79.9. The lowest BCUT2D eigenvalue weighted by molar-refractivity contribution is -0.122. The molecular weight excluding hydrogens is 592 g/mol. The number of anilines is 1. The van der Waals surface area contributed by atoms with Gasteiger partial charge in [0.1, 0.15) is 12.2 Å². The van der Waals surface area contributed by atoms with Gasteiger partial charge in [0, 0.05) is 10.0 Å². The van der Waals surface area contributed by atoms with E-state index in [0.29, 0.717) is 47.3 Å². The molecule has 2 aliphatic heterocycles. The summed E-state index contributed by atoms with van der Waals surface area (Å²) in [6, 6.07) is 13.3. The van der Waals surface area contributed by atoms with Crippen molar-refractivity contribution in [1.29, 1.82) is 0 Å². The number of fused-ring (bicyclic) bond motifs is 1. The number of ether oxygens (including phenoxy) is 4. The number of allylic oxidation sites excluding steroid dienone is 1. The van der Waals surface area contributed by atoms with E-state index in [1.54, 1.807) is 36.4 Å². The molecule has 1 N–H and O–H groups in total. The molecule has 2 aliphatic rings. The normalized spacial score (nSPS) is 15.2. The third-order valence-electron chi connectivity index (χ3n) is 6.45. The van der Waals surface area contributed by atoms with Gasteiger partial charge in [0.15, 0.2) is 23.0 Å². The molecule has 0 bridgehead atoms. The highest BCUT2D eigenvalue weighted by molar-refractivity contribution is 9.10. The van der Waals surface area contributed by atoms with Crippen LogP contribution >= 0.6 is 15.9 Å². The van der Waals surface area contributed by atoms with Crippen LogP contribution in [-0.4, -0.2) is 31.2 Å². The summed E-state index contributed by atoms with van der Waals surface area (Å²) in [6.45, 7) is 8.33. The summed E-state index contributed by atoms with van der Waals surface area (Å²) >= 11 is 3.42. The lowest BCUT2D eigenvalue weighted by atomic mass is 10.0. The number of carbonyl (C=O) groups is 3. The van der Waals surface area contributed by atoms with E-state index in [0.717, 1.165) is 26.1 Å². The zero-order valence-corrected chi connectivity index (χ0v) is 24.1. The Bertz CT molecular complexity index is 1600. The van der Waals surface area contributed by atoms with E-state index in [2.05, 4.69) is 27.8 Å². The van der Waals surface area contributed by atoms with Gasteiger partial charge in [-0.1, -0.05) is 28.1 Å². The highest BCUT2D eigenvalue weighted by Crippen LogP contribution is 2.37. The number of urea groups is 1. The molecule has 9 nitrogen and oxygen atoms in total. The first-order chi connectivity index (χ1) is 19.8. The second-order valence-corrected chi connectivity index (χ2v) is 10.2. The standard InChI is InChI=1S/C31H27BrN2O7/c1-4-6-21-12-20(13-23-29(35)33-31(37)34(30(23)36)22-8-9-24(32)18(3)11-22)15-27(38-5-2)28(21)39-16-19-7-10-25-26(14-19)41-17-40-25/h4,7-15H,1,5-6,16-17H2,2-3H3,(H,33,35,37)/b23-13+. The first kappa shape index (κ1) is 28.0. The molecule has 3 aromatic rings. The molecule has 5 rings (SSSR count). The van der Waals surface area contributed by atoms with Crippen molar-refractivity contribution in [3.05, 3.63) is 93.5 Å². The van der Waals surface area contributed by atoms with Crippen LogP contribution in [0.1, 0.15) is 29.2 Å². The molecule has 0 aromatic heterocycles. The molecule has 1 saturated heterocycles. The van der Waals surface area contributed by atoms with E-state index in [4.69, 9.17) is 18.9 Å². The topological polar surface area (TPSA) is 103 Å². The summed E-state index contributed by atoms with van der Waals surface area (Å²) in [5.41, 5.74) is 3.15.